The van der Waals surface area contributed by atoms with Crippen molar-refractivity contribution >= 4 is 11.3 Å². The molecule has 78 valence electrons. The van der Waals surface area contributed by atoms with Crippen molar-refractivity contribution in [2.24, 2.45) is 0 Å². The summed E-state index contributed by atoms with van der Waals surface area (Å²) in [4.78, 5) is 19.6. The summed E-state index contributed by atoms with van der Waals surface area (Å²) in [5.41, 5.74) is 0.676. The first-order valence-electron chi connectivity index (χ1n) is 4.82. The van der Waals surface area contributed by atoms with Crippen LogP contribution in [0.2, 0.25) is 0 Å². The van der Waals surface area contributed by atoms with E-state index >= 15 is 0 Å². The van der Waals surface area contributed by atoms with Crippen molar-refractivity contribution in [1.29, 1.82) is 0 Å². The lowest BCUT2D eigenvalue weighted by Crippen LogP contribution is -2.11. The van der Waals surface area contributed by atoms with Crippen molar-refractivity contribution in [3.63, 3.8) is 0 Å². The molecule has 2 aromatic rings. The Morgan fingerprint density at radius 1 is 1.47 bits per heavy atom. The molecule has 0 radical (unpaired) electrons. The van der Waals surface area contributed by atoms with E-state index in [0.717, 1.165) is 16.4 Å². The number of nitrogens with one attached hydrogen (secondary N) is 1. The predicted octanol–water partition coefficient (Wildman–Crippen LogP) is 2.62. The monoisotopic (exact) mass is 220 g/mol. The second-order valence-corrected chi connectivity index (χ2v) is 4.60. The van der Waals surface area contributed by atoms with Crippen LogP contribution in [-0.4, -0.2) is 9.97 Å². The van der Waals surface area contributed by atoms with E-state index in [0.29, 0.717) is 0 Å². The lowest BCUT2D eigenvalue weighted by molar-refractivity contribution is 0.769. The number of nitrogens with zero attached hydrogens (tertiary/aromatic N) is 1. The minimum Gasteiger partial charge on any atom is -0.310 e. The van der Waals surface area contributed by atoms with Crippen LogP contribution in [0.1, 0.15) is 25.6 Å². The molecule has 1 N–H and O–H groups in total. The fourth-order valence-electron chi connectivity index (χ4n) is 1.30. The van der Waals surface area contributed by atoms with E-state index in [1.54, 1.807) is 11.3 Å². The molecule has 3 nitrogen and oxygen atoms in total. The molecular weight excluding hydrogens is 208 g/mol. The number of aromatic nitrogens is 2. The normalized spacial score (nSPS) is 10.9. The number of thiophene rings is 1. The largest absolute Gasteiger partial charge is 0.310 e. The van der Waals surface area contributed by atoms with Crippen molar-refractivity contribution in [2.45, 2.75) is 19.8 Å². The Kier molecular flexibility index (Phi) is 2.68. The summed E-state index contributed by atoms with van der Waals surface area (Å²) in [6.45, 7) is 4.02. The van der Waals surface area contributed by atoms with Gasteiger partial charge in [-0.05, 0) is 11.4 Å². The molecule has 0 amide bonds. The van der Waals surface area contributed by atoms with Gasteiger partial charge in [-0.3, -0.25) is 4.79 Å². The predicted molar refractivity (Wildman–Crippen MR) is 62.3 cm³/mol. The Hall–Kier alpha value is -1.42. The molecule has 0 aliphatic heterocycles. The van der Waals surface area contributed by atoms with Crippen LogP contribution in [0.25, 0.3) is 10.6 Å². The van der Waals surface area contributed by atoms with Gasteiger partial charge in [0.1, 0.15) is 5.82 Å². The second kappa shape index (κ2) is 3.98. The van der Waals surface area contributed by atoms with Crippen molar-refractivity contribution in [2.75, 3.05) is 0 Å². The van der Waals surface area contributed by atoms with E-state index in [1.807, 2.05) is 31.4 Å². The molecule has 0 fully saturated rings. The van der Waals surface area contributed by atoms with Gasteiger partial charge in [-0.15, -0.1) is 11.3 Å². The molecule has 0 aliphatic carbocycles. The highest BCUT2D eigenvalue weighted by atomic mass is 32.1. The maximum Gasteiger partial charge on any atom is 0.251 e. The Labute approximate surface area is 91.8 Å². The molecule has 0 atom stereocenters. The lowest BCUT2D eigenvalue weighted by atomic mass is 10.2. The summed E-state index contributed by atoms with van der Waals surface area (Å²) < 4.78 is 0. The summed E-state index contributed by atoms with van der Waals surface area (Å²) in [7, 11) is 0. The highest BCUT2D eigenvalue weighted by Gasteiger charge is 2.07. The Morgan fingerprint density at radius 2 is 2.27 bits per heavy atom. The second-order valence-electron chi connectivity index (χ2n) is 3.65. The maximum absolute atomic E-state index is 11.4. The van der Waals surface area contributed by atoms with Crippen LogP contribution >= 0.6 is 11.3 Å². The zero-order valence-corrected chi connectivity index (χ0v) is 9.47. The zero-order chi connectivity index (χ0) is 10.8. The summed E-state index contributed by atoms with van der Waals surface area (Å²) in [6.07, 6.45) is 0. The van der Waals surface area contributed by atoms with Crippen LogP contribution < -0.4 is 5.56 Å². The van der Waals surface area contributed by atoms with Gasteiger partial charge in [0.25, 0.3) is 5.56 Å². The van der Waals surface area contributed by atoms with Gasteiger partial charge in [-0.2, -0.15) is 0 Å². The molecule has 15 heavy (non-hydrogen) atoms. The van der Waals surface area contributed by atoms with Crippen LogP contribution in [0.15, 0.2) is 28.4 Å². The molecule has 0 unspecified atom stereocenters. The third-order valence-corrected chi connectivity index (χ3v) is 2.97. The molecule has 0 aromatic carbocycles. The molecule has 0 saturated carbocycles. The average Bonchev–Trinajstić information content (AvgIpc) is 2.69. The Morgan fingerprint density at radius 3 is 2.87 bits per heavy atom. The minimum atomic E-state index is -0.0860. The highest BCUT2D eigenvalue weighted by Crippen LogP contribution is 2.22. The molecule has 0 bridgehead atoms. The van der Waals surface area contributed by atoms with Gasteiger partial charge in [0.2, 0.25) is 0 Å². The minimum absolute atomic E-state index is 0.0860. The SMILES string of the molecule is CC(C)c1nc(-c2cccs2)cc(=O)[nH]1. The van der Waals surface area contributed by atoms with E-state index in [1.165, 1.54) is 6.07 Å². The summed E-state index contributed by atoms with van der Waals surface area (Å²) in [5.74, 6) is 0.975. The van der Waals surface area contributed by atoms with Crippen LogP contribution in [0.5, 0.6) is 0 Å². The fourth-order valence-corrected chi connectivity index (χ4v) is 1.99. The van der Waals surface area contributed by atoms with E-state index in [2.05, 4.69) is 9.97 Å². The molecule has 0 saturated heterocycles. The van der Waals surface area contributed by atoms with Crippen LogP contribution in [0.4, 0.5) is 0 Å². The number of aromatic amines is 1. The number of hydrogen-bond donors (Lipinski definition) is 1. The van der Waals surface area contributed by atoms with Crippen LogP contribution in [0.3, 0.4) is 0 Å². The standard InChI is InChI=1S/C11H12N2OS/c1-7(2)11-12-8(6-10(14)13-11)9-4-3-5-15-9/h3-7H,1-2H3,(H,12,13,14). The molecule has 2 heterocycles. The highest BCUT2D eigenvalue weighted by molar-refractivity contribution is 7.13. The molecule has 2 aromatic heterocycles. The average molecular weight is 220 g/mol. The third-order valence-electron chi connectivity index (χ3n) is 2.08. The number of H-pyrrole nitrogens is 1. The van der Waals surface area contributed by atoms with Crippen molar-refractivity contribution < 1.29 is 0 Å². The van der Waals surface area contributed by atoms with Gasteiger partial charge >= 0.3 is 0 Å². The molecule has 0 spiro atoms. The van der Waals surface area contributed by atoms with E-state index in [9.17, 15) is 4.79 Å². The van der Waals surface area contributed by atoms with Crippen LogP contribution in [-0.2, 0) is 0 Å². The quantitative estimate of drug-likeness (QED) is 0.845. The fraction of sp³-hybridized carbons (Fsp3) is 0.273. The van der Waals surface area contributed by atoms with E-state index < -0.39 is 0 Å². The number of rotatable bonds is 2. The van der Waals surface area contributed by atoms with Gasteiger partial charge in [0.05, 0.1) is 10.6 Å². The summed E-state index contributed by atoms with van der Waals surface area (Å²) in [5, 5.41) is 1.98. The van der Waals surface area contributed by atoms with E-state index in [-0.39, 0.29) is 11.5 Å². The first-order chi connectivity index (χ1) is 7.16. The van der Waals surface area contributed by atoms with Gasteiger partial charge in [-0.1, -0.05) is 19.9 Å². The van der Waals surface area contributed by atoms with Crippen molar-refractivity contribution in [3.05, 3.63) is 39.8 Å². The van der Waals surface area contributed by atoms with Gasteiger partial charge in [0, 0.05) is 12.0 Å². The molecule has 0 aliphatic rings. The Balaban J connectivity index is 2.54. The molecule has 2 rings (SSSR count). The van der Waals surface area contributed by atoms with Gasteiger partial charge in [-0.25, -0.2) is 4.98 Å². The van der Waals surface area contributed by atoms with Crippen LogP contribution in [0, 0.1) is 0 Å². The lowest BCUT2D eigenvalue weighted by Gasteiger charge is -2.05. The Bertz CT molecular complexity index is 500. The topological polar surface area (TPSA) is 45.8 Å². The number of hydrogen-bond acceptors (Lipinski definition) is 3. The zero-order valence-electron chi connectivity index (χ0n) is 8.65. The molecular formula is C11H12N2OS. The summed E-state index contributed by atoms with van der Waals surface area (Å²) in [6, 6.07) is 5.46. The maximum atomic E-state index is 11.4. The van der Waals surface area contributed by atoms with Crippen molar-refractivity contribution in [1.82, 2.24) is 9.97 Å². The van der Waals surface area contributed by atoms with Crippen molar-refractivity contribution in [3.8, 4) is 10.6 Å². The van der Waals surface area contributed by atoms with Gasteiger partial charge < -0.3 is 4.98 Å². The summed E-state index contributed by atoms with van der Waals surface area (Å²) >= 11 is 1.59. The smallest absolute Gasteiger partial charge is 0.251 e. The first-order valence-corrected chi connectivity index (χ1v) is 5.70. The first kappa shape index (κ1) is 10.1. The third kappa shape index (κ3) is 2.15. The van der Waals surface area contributed by atoms with Gasteiger partial charge in [0.15, 0.2) is 0 Å². The molecule has 4 heteroatoms. The van der Waals surface area contributed by atoms with E-state index in [4.69, 9.17) is 0 Å².